The lowest BCUT2D eigenvalue weighted by Gasteiger charge is -2.20. The summed E-state index contributed by atoms with van der Waals surface area (Å²) in [5.74, 6) is 1.44. The van der Waals surface area contributed by atoms with E-state index in [4.69, 9.17) is 4.42 Å². The second kappa shape index (κ2) is 5.97. The molecule has 4 nitrogen and oxygen atoms in total. The zero-order chi connectivity index (χ0) is 15.7. The van der Waals surface area contributed by atoms with Crippen LogP contribution in [0.15, 0.2) is 40.9 Å². The largest absolute Gasteiger partial charge is 0.459 e. The molecule has 0 amide bonds. The topological polar surface area (TPSA) is 43.0 Å². The van der Waals surface area contributed by atoms with Gasteiger partial charge in [-0.25, -0.2) is 0 Å². The fourth-order valence-corrected chi connectivity index (χ4v) is 2.76. The maximum absolute atomic E-state index is 6.03. The Kier molecular flexibility index (Phi) is 4.03. The molecule has 0 radical (unpaired) electrons. The summed E-state index contributed by atoms with van der Waals surface area (Å²) in [5, 5.41) is 9.07. The lowest BCUT2D eigenvalue weighted by molar-refractivity contribution is 0.349. The van der Waals surface area contributed by atoms with Crippen molar-refractivity contribution in [2.24, 2.45) is 13.0 Å². The monoisotopic (exact) mass is 297 g/mol. The van der Waals surface area contributed by atoms with Gasteiger partial charge in [-0.1, -0.05) is 32.0 Å². The van der Waals surface area contributed by atoms with Gasteiger partial charge in [-0.3, -0.25) is 4.68 Å². The molecule has 3 aromatic rings. The number of furan rings is 1. The second-order valence-electron chi connectivity index (χ2n) is 6.17. The molecule has 22 heavy (non-hydrogen) atoms. The van der Waals surface area contributed by atoms with Crippen molar-refractivity contribution in [1.82, 2.24) is 15.1 Å². The van der Waals surface area contributed by atoms with Gasteiger partial charge >= 0.3 is 0 Å². The number of benzene rings is 1. The average molecular weight is 297 g/mol. The molecule has 0 fully saturated rings. The van der Waals surface area contributed by atoms with Gasteiger partial charge in [0.25, 0.3) is 0 Å². The van der Waals surface area contributed by atoms with E-state index in [0.717, 1.165) is 23.3 Å². The molecular weight excluding hydrogens is 274 g/mol. The van der Waals surface area contributed by atoms with E-state index in [9.17, 15) is 0 Å². The van der Waals surface area contributed by atoms with Gasteiger partial charge in [0, 0.05) is 30.2 Å². The first kappa shape index (κ1) is 14.9. The van der Waals surface area contributed by atoms with Crippen LogP contribution in [0.1, 0.15) is 36.9 Å². The molecule has 0 spiro atoms. The van der Waals surface area contributed by atoms with Crippen molar-refractivity contribution in [2.45, 2.75) is 33.4 Å². The first-order chi connectivity index (χ1) is 10.6. The predicted octanol–water partition coefficient (Wildman–Crippen LogP) is 3.96. The summed E-state index contributed by atoms with van der Waals surface area (Å²) in [6.07, 6.45) is 1.93. The Hall–Kier alpha value is -2.07. The SMILES string of the molecule is Cc1c(CN[C@@H](c2cc3ccccc3o2)C(C)C)cnn1C. The van der Waals surface area contributed by atoms with E-state index >= 15 is 0 Å². The number of para-hydroxylation sites is 1. The van der Waals surface area contributed by atoms with Crippen molar-refractivity contribution in [3.63, 3.8) is 0 Å². The molecule has 2 heterocycles. The number of aromatic nitrogens is 2. The normalized spacial score (nSPS) is 13.1. The van der Waals surface area contributed by atoms with E-state index in [1.807, 2.05) is 36.1 Å². The third kappa shape index (κ3) is 2.79. The third-order valence-electron chi connectivity index (χ3n) is 4.27. The smallest absolute Gasteiger partial charge is 0.134 e. The Morgan fingerprint density at radius 1 is 1.27 bits per heavy atom. The highest BCUT2D eigenvalue weighted by Crippen LogP contribution is 2.28. The van der Waals surface area contributed by atoms with Crippen LogP contribution < -0.4 is 5.32 Å². The van der Waals surface area contributed by atoms with Crippen molar-refractivity contribution in [3.05, 3.63) is 53.5 Å². The minimum absolute atomic E-state index is 0.187. The summed E-state index contributed by atoms with van der Waals surface area (Å²) in [4.78, 5) is 0. The summed E-state index contributed by atoms with van der Waals surface area (Å²) in [6.45, 7) is 7.30. The molecule has 0 saturated carbocycles. The number of fused-ring (bicyclic) bond motifs is 1. The van der Waals surface area contributed by atoms with Crippen molar-refractivity contribution < 1.29 is 4.42 Å². The van der Waals surface area contributed by atoms with E-state index in [-0.39, 0.29) is 6.04 Å². The van der Waals surface area contributed by atoms with Gasteiger partial charge in [-0.15, -0.1) is 0 Å². The minimum Gasteiger partial charge on any atom is -0.459 e. The fourth-order valence-electron chi connectivity index (χ4n) is 2.76. The Morgan fingerprint density at radius 3 is 2.68 bits per heavy atom. The second-order valence-corrected chi connectivity index (χ2v) is 6.17. The van der Waals surface area contributed by atoms with Crippen molar-refractivity contribution in [2.75, 3.05) is 0 Å². The molecule has 4 heteroatoms. The molecule has 0 saturated heterocycles. The maximum Gasteiger partial charge on any atom is 0.134 e. The summed E-state index contributed by atoms with van der Waals surface area (Å²) >= 11 is 0. The summed E-state index contributed by atoms with van der Waals surface area (Å²) in [5.41, 5.74) is 3.37. The van der Waals surface area contributed by atoms with Gasteiger partial charge in [0.15, 0.2) is 0 Å². The molecule has 116 valence electrons. The maximum atomic E-state index is 6.03. The number of rotatable bonds is 5. The summed E-state index contributed by atoms with van der Waals surface area (Å²) in [6, 6.07) is 10.5. The summed E-state index contributed by atoms with van der Waals surface area (Å²) in [7, 11) is 1.97. The van der Waals surface area contributed by atoms with E-state index in [0.29, 0.717) is 5.92 Å². The molecule has 1 atom stereocenters. The third-order valence-corrected chi connectivity index (χ3v) is 4.27. The highest BCUT2D eigenvalue weighted by molar-refractivity contribution is 5.77. The number of nitrogens with zero attached hydrogens (tertiary/aromatic N) is 2. The Morgan fingerprint density at radius 2 is 2.05 bits per heavy atom. The highest BCUT2D eigenvalue weighted by atomic mass is 16.3. The minimum atomic E-state index is 0.187. The van der Waals surface area contributed by atoms with E-state index in [1.54, 1.807) is 0 Å². The van der Waals surface area contributed by atoms with Crippen molar-refractivity contribution >= 4 is 11.0 Å². The number of hydrogen-bond donors (Lipinski definition) is 1. The van der Waals surface area contributed by atoms with E-state index in [2.05, 4.69) is 43.3 Å². The van der Waals surface area contributed by atoms with Crippen LogP contribution in [0.25, 0.3) is 11.0 Å². The van der Waals surface area contributed by atoms with Gasteiger partial charge in [0.1, 0.15) is 11.3 Å². The van der Waals surface area contributed by atoms with Crippen molar-refractivity contribution in [1.29, 1.82) is 0 Å². The Labute approximate surface area is 131 Å². The molecule has 1 N–H and O–H groups in total. The van der Waals surface area contributed by atoms with Crippen LogP contribution in [0.2, 0.25) is 0 Å². The molecule has 0 unspecified atom stereocenters. The Balaban J connectivity index is 1.82. The molecule has 0 aliphatic rings. The first-order valence-corrected chi connectivity index (χ1v) is 7.75. The highest BCUT2D eigenvalue weighted by Gasteiger charge is 2.20. The van der Waals surface area contributed by atoms with Gasteiger partial charge in [-0.05, 0) is 25.0 Å². The molecule has 2 aromatic heterocycles. The number of nitrogens with one attached hydrogen (secondary N) is 1. The van der Waals surface area contributed by atoms with Gasteiger partial charge in [0.2, 0.25) is 0 Å². The van der Waals surface area contributed by atoms with Crippen molar-refractivity contribution in [3.8, 4) is 0 Å². The number of aryl methyl sites for hydroxylation is 1. The van der Waals surface area contributed by atoms with E-state index in [1.165, 1.54) is 11.3 Å². The van der Waals surface area contributed by atoms with Crippen LogP contribution in [-0.4, -0.2) is 9.78 Å². The van der Waals surface area contributed by atoms with Crippen LogP contribution in [0, 0.1) is 12.8 Å². The zero-order valence-corrected chi connectivity index (χ0v) is 13.6. The van der Waals surface area contributed by atoms with Gasteiger partial charge in [0.05, 0.1) is 12.2 Å². The molecule has 3 rings (SSSR count). The molecular formula is C18H23N3O. The fraction of sp³-hybridized carbons (Fsp3) is 0.389. The van der Waals surface area contributed by atoms with Crippen LogP contribution in [0.4, 0.5) is 0 Å². The molecule has 1 aromatic carbocycles. The quantitative estimate of drug-likeness (QED) is 0.775. The molecule has 0 aliphatic heterocycles. The Bertz CT molecular complexity index is 737. The summed E-state index contributed by atoms with van der Waals surface area (Å²) < 4.78 is 7.94. The van der Waals surface area contributed by atoms with Crippen LogP contribution in [0.5, 0.6) is 0 Å². The van der Waals surface area contributed by atoms with E-state index < -0.39 is 0 Å². The molecule has 0 aliphatic carbocycles. The van der Waals surface area contributed by atoms with Crippen LogP contribution in [0.3, 0.4) is 0 Å². The number of hydrogen-bond acceptors (Lipinski definition) is 3. The van der Waals surface area contributed by atoms with Crippen LogP contribution >= 0.6 is 0 Å². The lowest BCUT2D eigenvalue weighted by atomic mass is 10.0. The lowest BCUT2D eigenvalue weighted by Crippen LogP contribution is -2.25. The van der Waals surface area contributed by atoms with Crippen LogP contribution in [-0.2, 0) is 13.6 Å². The first-order valence-electron chi connectivity index (χ1n) is 7.75. The van der Waals surface area contributed by atoms with Gasteiger partial charge < -0.3 is 9.73 Å². The predicted molar refractivity (Wildman–Crippen MR) is 88.6 cm³/mol. The zero-order valence-electron chi connectivity index (χ0n) is 13.6. The molecule has 0 bridgehead atoms. The standard InChI is InChI=1S/C18H23N3O/c1-12(2)18(19-10-15-11-20-21(4)13(15)3)17-9-14-7-5-6-8-16(14)22-17/h5-9,11-12,18-19H,10H2,1-4H3/t18-/m1/s1. The van der Waals surface area contributed by atoms with Gasteiger partial charge in [-0.2, -0.15) is 5.10 Å². The average Bonchev–Trinajstić information content (AvgIpc) is 3.05.